The van der Waals surface area contributed by atoms with Gasteiger partial charge in [-0.05, 0) is 46.9 Å². The van der Waals surface area contributed by atoms with E-state index in [0.717, 1.165) is 22.2 Å². The lowest BCUT2D eigenvalue weighted by molar-refractivity contribution is 0.134. The zero-order valence-electron chi connectivity index (χ0n) is 10.6. The van der Waals surface area contributed by atoms with E-state index < -0.39 is 0 Å². The molecule has 0 spiro atoms. The van der Waals surface area contributed by atoms with Crippen molar-refractivity contribution >= 4 is 27.5 Å². The van der Waals surface area contributed by atoms with Gasteiger partial charge in [0.2, 0.25) is 0 Å². The topological polar surface area (TPSA) is 9.23 Å². The summed E-state index contributed by atoms with van der Waals surface area (Å²) >= 11 is 10.1. The first-order valence-corrected chi connectivity index (χ1v) is 7.47. The Bertz CT molecular complexity index is 624. The van der Waals surface area contributed by atoms with Crippen molar-refractivity contribution in [2.45, 2.75) is 25.5 Å². The number of rotatable bonds is 2. The van der Waals surface area contributed by atoms with E-state index in [2.05, 4.69) is 53.2 Å². The second kappa shape index (κ2) is 5.28. The fourth-order valence-electron chi connectivity index (χ4n) is 2.45. The van der Waals surface area contributed by atoms with Gasteiger partial charge in [0.25, 0.3) is 0 Å². The van der Waals surface area contributed by atoms with Gasteiger partial charge in [0.15, 0.2) is 0 Å². The van der Waals surface area contributed by atoms with Crippen LogP contribution in [0.4, 0.5) is 0 Å². The van der Waals surface area contributed by atoms with Gasteiger partial charge in [-0.3, -0.25) is 0 Å². The van der Waals surface area contributed by atoms with Crippen LogP contribution >= 0.6 is 27.5 Å². The third kappa shape index (κ3) is 2.58. The quantitative estimate of drug-likeness (QED) is 0.691. The zero-order valence-corrected chi connectivity index (χ0v) is 13.0. The number of alkyl halides is 1. The maximum atomic E-state index is 6.63. The van der Waals surface area contributed by atoms with Crippen molar-refractivity contribution in [3.8, 4) is 0 Å². The lowest BCUT2D eigenvalue weighted by Crippen LogP contribution is -1.97. The summed E-state index contributed by atoms with van der Waals surface area (Å²) in [5.74, 6) is 0. The number of hydrogen-bond acceptors (Lipinski definition) is 1. The Morgan fingerprint density at radius 1 is 1.11 bits per heavy atom. The van der Waals surface area contributed by atoms with Gasteiger partial charge in [-0.2, -0.15) is 0 Å². The van der Waals surface area contributed by atoms with Gasteiger partial charge in [-0.15, -0.1) is 11.6 Å². The molecule has 1 aliphatic rings. The standard InChI is InChI=1S/C16H14BrClO/c1-10-6-14(17)4-5-15(10)16(18)11-2-3-12-8-19-9-13(12)7-11/h2-7,16H,8-9H2,1H3. The van der Waals surface area contributed by atoms with Crippen LogP contribution in [0.2, 0.25) is 0 Å². The van der Waals surface area contributed by atoms with E-state index in [4.69, 9.17) is 16.3 Å². The minimum atomic E-state index is -0.112. The number of fused-ring (bicyclic) bond motifs is 1. The monoisotopic (exact) mass is 336 g/mol. The Morgan fingerprint density at radius 3 is 2.68 bits per heavy atom. The minimum Gasteiger partial charge on any atom is -0.372 e. The molecular weight excluding hydrogens is 324 g/mol. The van der Waals surface area contributed by atoms with Crippen LogP contribution in [0.5, 0.6) is 0 Å². The lowest BCUT2D eigenvalue weighted by Gasteiger charge is -2.14. The summed E-state index contributed by atoms with van der Waals surface area (Å²) in [6.45, 7) is 3.51. The van der Waals surface area contributed by atoms with Gasteiger partial charge in [0.05, 0.1) is 18.6 Å². The Hall–Kier alpha value is -0.830. The Morgan fingerprint density at radius 2 is 1.89 bits per heavy atom. The minimum absolute atomic E-state index is 0.112. The summed E-state index contributed by atoms with van der Waals surface area (Å²) in [6, 6.07) is 12.6. The predicted molar refractivity (Wildman–Crippen MR) is 81.5 cm³/mol. The second-order valence-corrected chi connectivity index (χ2v) is 6.24. The first-order chi connectivity index (χ1) is 9.15. The number of aryl methyl sites for hydroxylation is 1. The number of benzene rings is 2. The molecule has 0 N–H and O–H groups in total. The number of hydrogen-bond donors (Lipinski definition) is 0. The average Bonchev–Trinajstić information content (AvgIpc) is 2.85. The summed E-state index contributed by atoms with van der Waals surface area (Å²) in [5, 5.41) is -0.112. The van der Waals surface area contributed by atoms with Crippen molar-refractivity contribution in [3.63, 3.8) is 0 Å². The summed E-state index contributed by atoms with van der Waals surface area (Å²) < 4.78 is 6.53. The van der Waals surface area contributed by atoms with E-state index in [-0.39, 0.29) is 5.38 Å². The van der Waals surface area contributed by atoms with E-state index >= 15 is 0 Å². The summed E-state index contributed by atoms with van der Waals surface area (Å²) in [5.41, 5.74) is 6.03. The van der Waals surface area contributed by atoms with E-state index in [1.54, 1.807) is 0 Å². The molecule has 2 aromatic carbocycles. The molecule has 0 radical (unpaired) electrons. The maximum absolute atomic E-state index is 6.63. The predicted octanol–water partition coefficient (Wildman–Crippen LogP) is 5.12. The molecule has 0 saturated heterocycles. The lowest BCUT2D eigenvalue weighted by atomic mass is 9.97. The van der Waals surface area contributed by atoms with Gasteiger partial charge in [0.1, 0.15) is 0 Å². The highest BCUT2D eigenvalue weighted by atomic mass is 79.9. The molecule has 0 amide bonds. The summed E-state index contributed by atoms with van der Waals surface area (Å²) in [4.78, 5) is 0. The van der Waals surface area contributed by atoms with Crippen LogP contribution in [0.15, 0.2) is 40.9 Å². The van der Waals surface area contributed by atoms with Gasteiger partial charge >= 0.3 is 0 Å². The maximum Gasteiger partial charge on any atom is 0.0838 e. The smallest absolute Gasteiger partial charge is 0.0838 e. The molecule has 0 fully saturated rings. The van der Waals surface area contributed by atoms with Crippen molar-refractivity contribution in [2.75, 3.05) is 0 Å². The van der Waals surface area contributed by atoms with E-state index in [1.807, 2.05) is 6.07 Å². The second-order valence-electron chi connectivity index (χ2n) is 4.88. The fraction of sp³-hybridized carbons (Fsp3) is 0.250. The van der Waals surface area contributed by atoms with Crippen LogP contribution in [0.3, 0.4) is 0 Å². The molecule has 3 rings (SSSR count). The van der Waals surface area contributed by atoms with E-state index in [0.29, 0.717) is 6.61 Å². The molecule has 1 aliphatic heterocycles. The molecule has 0 bridgehead atoms. The van der Waals surface area contributed by atoms with E-state index in [1.165, 1.54) is 16.7 Å². The third-order valence-electron chi connectivity index (χ3n) is 3.54. The van der Waals surface area contributed by atoms with Crippen LogP contribution in [0.1, 0.15) is 33.2 Å². The zero-order chi connectivity index (χ0) is 13.4. The van der Waals surface area contributed by atoms with E-state index in [9.17, 15) is 0 Å². The van der Waals surface area contributed by atoms with Crippen LogP contribution in [0, 0.1) is 6.92 Å². The van der Waals surface area contributed by atoms with Crippen molar-refractivity contribution in [3.05, 3.63) is 68.7 Å². The average molecular weight is 338 g/mol. The van der Waals surface area contributed by atoms with Crippen molar-refractivity contribution in [2.24, 2.45) is 0 Å². The third-order valence-corrected chi connectivity index (χ3v) is 4.52. The molecule has 19 heavy (non-hydrogen) atoms. The van der Waals surface area contributed by atoms with Crippen LogP contribution in [-0.4, -0.2) is 0 Å². The molecule has 2 aromatic rings. The van der Waals surface area contributed by atoms with Crippen molar-refractivity contribution in [1.29, 1.82) is 0 Å². The number of halogens is 2. The number of ether oxygens (including phenoxy) is 1. The van der Waals surface area contributed by atoms with Crippen LogP contribution < -0.4 is 0 Å². The summed E-state index contributed by atoms with van der Waals surface area (Å²) in [6.07, 6.45) is 0. The fourth-order valence-corrected chi connectivity index (χ4v) is 3.31. The van der Waals surface area contributed by atoms with Gasteiger partial charge in [-0.25, -0.2) is 0 Å². The Kier molecular flexibility index (Phi) is 3.66. The van der Waals surface area contributed by atoms with Gasteiger partial charge in [-0.1, -0.05) is 40.2 Å². The molecular formula is C16H14BrClO. The molecule has 0 aliphatic carbocycles. The van der Waals surface area contributed by atoms with Gasteiger partial charge in [0, 0.05) is 4.47 Å². The van der Waals surface area contributed by atoms with Crippen molar-refractivity contribution in [1.82, 2.24) is 0 Å². The normalized spacial score (nSPS) is 15.3. The van der Waals surface area contributed by atoms with Crippen molar-refractivity contribution < 1.29 is 4.74 Å². The molecule has 3 heteroatoms. The highest BCUT2D eigenvalue weighted by Gasteiger charge is 2.17. The molecule has 0 saturated carbocycles. The SMILES string of the molecule is Cc1cc(Br)ccc1C(Cl)c1ccc2c(c1)COC2. The molecule has 1 unspecified atom stereocenters. The highest BCUT2D eigenvalue weighted by molar-refractivity contribution is 9.10. The highest BCUT2D eigenvalue weighted by Crippen LogP contribution is 2.34. The molecule has 0 aromatic heterocycles. The Balaban J connectivity index is 1.97. The first-order valence-electron chi connectivity index (χ1n) is 6.25. The van der Waals surface area contributed by atoms with Crippen LogP contribution in [0.25, 0.3) is 0 Å². The molecule has 1 nitrogen and oxygen atoms in total. The summed E-state index contributed by atoms with van der Waals surface area (Å²) in [7, 11) is 0. The van der Waals surface area contributed by atoms with Gasteiger partial charge < -0.3 is 4.74 Å². The largest absolute Gasteiger partial charge is 0.372 e. The molecule has 98 valence electrons. The Labute approximate surface area is 126 Å². The molecule has 1 heterocycles. The molecule has 1 atom stereocenters. The first kappa shape index (κ1) is 13.2. The van der Waals surface area contributed by atoms with Crippen LogP contribution in [-0.2, 0) is 18.0 Å².